The first-order valence-corrected chi connectivity index (χ1v) is 8.30. The average Bonchev–Trinajstić information content (AvgIpc) is 3.34. The van der Waals surface area contributed by atoms with Crippen molar-refractivity contribution in [3.8, 4) is 0 Å². The number of amides is 2. The first kappa shape index (κ1) is 15.3. The van der Waals surface area contributed by atoms with Gasteiger partial charge in [0, 0.05) is 25.6 Å². The summed E-state index contributed by atoms with van der Waals surface area (Å²) in [4.78, 5) is 14.2. The molecular formula is C18H26N2O2. The Kier molecular flexibility index (Phi) is 4.13. The van der Waals surface area contributed by atoms with Gasteiger partial charge in [0.25, 0.3) is 0 Å². The van der Waals surface area contributed by atoms with Gasteiger partial charge < -0.3 is 15.3 Å². The lowest BCUT2D eigenvalue weighted by Crippen LogP contribution is -2.55. The number of aliphatic hydroxyl groups is 1. The van der Waals surface area contributed by atoms with Gasteiger partial charge >= 0.3 is 6.03 Å². The highest BCUT2D eigenvalue weighted by Gasteiger charge is 2.50. The predicted octanol–water partition coefficient (Wildman–Crippen LogP) is 2.69. The minimum atomic E-state index is -0.548. The lowest BCUT2D eigenvalue weighted by atomic mass is 9.78. The van der Waals surface area contributed by atoms with Crippen molar-refractivity contribution in [2.75, 3.05) is 13.1 Å². The number of hydrogen-bond donors (Lipinski definition) is 2. The Morgan fingerprint density at radius 3 is 2.64 bits per heavy atom. The summed E-state index contributed by atoms with van der Waals surface area (Å²) in [5, 5.41) is 13.7. The number of piperidine rings is 1. The number of urea groups is 1. The Labute approximate surface area is 132 Å². The van der Waals surface area contributed by atoms with Gasteiger partial charge in [-0.05, 0) is 37.7 Å². The van der Waals surface area contributed by atoms with E-state index in [0.29, 0.717) is 32.0 Å². The standard InChI is InChI=1S/C18H26N2O2/c1-13-3-5-15(6-4-13)11-19-17(21)20-10-9-18(22,14(2)12-20)16-7-8-16/h3-6,14,16,22H,7-12H2,1-2H3,(H,19,21)/t14-,18+/m1/s1. The largest absolute Gasteiger partial charge is 0.389 e. The fourth-order valence-electron chi connectivity index (χ4n) is 3.51. The molecule has 4 heteroatoms. The number of hydrogen-bond acceptors (Lipinski definition) is 2. The summed E-state index contributed by atoms with van der Waals surface area (Å²) in [5.74, 6) is 0.610. The van der Waals surface area contributed by atoms with Gasteiger partial charge in [-0.3, -0.25) is 0 Å². The summed E-state index contributed by atoms with van der Waals surface area (Å²) in [6, 6.07) is 8.17. The molecule has 0 bridgehead atoms. The van der Waals surface area contributed by atoms with E-state index in [-0.39, 0.29) is 11.9 Å². The highest BCUT2D eigenvalue weighted by Crippen LogP contribution is 2.47. The third-order valence-corrected chi connectivity index (χ3v) is 5.27. The van der Waals surface area contributed by atoms with E-state index in [0.717, 1.165) is 18.4 Å². The van der Waals surface area contributed by atoms with Gasteiger partial charge in [0.1, 0.15) is 0 Å². The lowest BCUT2D eigenvalue weighted by molar-refractivity contribution is -0.0733. The monoisotopic (exact) mass is 302 g/mol. The van der Waals surface area contributed by atoms with Crippen molar-refractivity contribution in [2.24, 2.45) is 11.8 Å². The minimum Gasteiger partial charge on any atom is -0.389 e. The van der Waals surface area contributed by atoms with E-state index in [1.165, 1.54) is 5.56 Å². The van der Waals surface area contributed by atoms with Crippen LogP contribution >= 0.6 is 0 Å². The predicted molar refractivity (Wildman–Crippen MR) is 86.4 cm³/mol. The molecule has 4 nitrogen and oxygen atoms in total. The zero-order valence-corrected chi connectivity index (χ0v) is 13.5. The minimum absolute atomic E-state index is 0.0229. The molecular weight excluding hydrogens is 276 g/mol. The van der Waals surface area contributed by atoms with Crippen molar-refractivity contribution in [1.82, 2.24) is 10.2 Å². The molecule has 22 heavy (non-hydrogen) atoms. The van der Waals surface area contributed by atoms with Gasteiger partial charge in [0.15, 0.2) is 0 Å². The van der Waals surface area contributed by atoms with Crippen molar-refractivity contribution < 1.29 is 9.90 Å². The summed E-state index contributed by atoms with van der Waals surface area (Å²) < 4.78 is 0. The van der Waals surface area contributed by atoms with Crippen LogP contribution in [0, 0.1) is 18.8 Å². The van der Waals surface area contributed by atoms with Gasteiger partial charge in [0.2, 0.25) is 0 Å². The Morgan fingerprint density at radius 1 is 1.36 bits per heavy atom. The smallest absolute Gasteiger partial charge is 0.317 e. The van der Waals surface area contributed by atoms with Crippen LogP contribution in [0.2, 0.25) is 0 Å². The maximum Gasteiger partial charge on any atom is 0.317 e. The Morgan fingerprint density at radius 2 is 2.05 bits per heavy atom. The number of nitrogens with zero attached hydrogens (tertiary/aromatic N) is 1. The van der Waals surface area contributed by atoms with Crippen LogP contribution in [0.1, 0.15) is 37.3 Å². The second-order valence-corrected chi connectivity index (χ2v) is 7.01. The third kappa shape index (κ3) is 3.12. The van der Waals surface area contributed by atoms with E-state index in [4.69, 9.17) is 0 Å². The molecule has 1 aromatic rings. The second kappa shape index (κ2) is 5.92. The van der Waals surface area contributed by atoms with Gasteiger partial charge in [0.05, 0.1) is 5.60 Å². The highest BCUT2D eigenvalue weighted by molar-refractivity contribution is 5.74. The molecule has 0 spiro atoms. The lowest BCUT2D eigenvalue weighted by Gasteiger charge is -2.43. The van der Waals surface area contributed by atoms with Crippen LogP contribution < -0.4 is 5.32 Å². The number of aryl methyl sites for hydroxylation is 1. The van der Waals surface area contributed by atoms with Crippen LogP contribution in [0.4, 0.5) is 4.79 Å². The van der Waals surface area contributed by atoms with Crippen molar-refractivity contribution in [3.63, 3.8) is 0 Å². The van der Waals surface area contributed by atoms with Gasteiger partial charge in [-0.2, -0.15) is 0 Å². The maximum atomic E-state index is 12.3. The number of rotatable bonds is 3. The van der Waals surface area contributed by atoms with Crippen LogP contribution in [0.25, 0.3) is 0 Å². The first-order chi connectivity index (χ1) is 10.5. The Hall–Kier alpha value is -1.55. The van der Waals surface area contributed by atoms with Crippen molar-refractivity contribution in [3.05, 3.63) is 35.4 Å². The molecule has 1 saturated heterocycles. The number of benzene rings is 1. The third-order valence-electron chi connectivity index (χ3n) is 5.27. The van der Waals surface area contributed by atoms with Crippen LogP contribution in [0.3, 0.4) is 0 Å². The molecule has 1 aliphatic carbocycles. The van der Waals surface area contributed by atoms with E-state index < -0.39 is 5.60 Å². The molecule has 2 fully saturated rings. The fourth-order valence-corrected chi connectivity index (χ4v) is 3.51. The zero-order chi connectivity index (χ0) is 15.7. The fraction of sp³-hybridized carbons (Fsp3) is 0.611. The van der Waals surface area contributed by atoms with Crippen LogP contribution in [0.15, 0.2) is 24.3 Å². The maximum absolute atomic E-state index is 12.3. The Bertz CT molecular complexity index is 539. The van der Waals surface area contributed by atoms with Gasteiger partial charge in [-0.1, -0.05) is 36.8 Å². The summed E-state index contributed by atoms with van der Waals surface area (Å²) in [5.41, 5.74) is 1.78. The summed E-state index contributed by atoms with van der Waals surface area (Å²) in [7, 11) is 0. The molecule has 1 heterocycles. The topological polar surface area (TPSA) is 52.6 Å². The molecule has 1 aliphatic heterocycles. The Balaban J connectivity index is 1.52. The van der Waals surface area contributed by atoms with Gasteiger partial charge in [-0.25, -0.2) is 4.79 Å². The molecule has 1 saturated carbocycles. The molecule has 1 aromatic carbocycles. The molecule has 2 N–H and O–H groups in total. The molecule has 120 valence electrons. The van der Waals surface area contributed by atoms with Crippen molar-refractivity contribution in [1.29, 1.82) is 0 Å². The van der Waals surface area contributed by atoms with E-state index in [2.05, 4.69) is 31.3 Å². The quantitative estimate of drug-likeness (QED) is 0.902. The van der Waals surface area contributed by atoms with E-state index in [9.17, 15) is 9.90 Å². The number of likely N-dealkylation sites (tertiary alicyclic amines) is 1. The van der Waals surface area contributed by atoms with E-state index in [1.54, 1.807) is 0 Å². The van der Waals surface area contributed by atoms with Crippen LogP contribution in [-0.2, 0) is 6.54 Å². The molecule has 2 amide bonds. The number of nitrogens with one attached hydrogen (secondary N) is 1. The molecule has 0 aromatic heterocycles. The molecule has 2 aliphatic rings. The molecule has 0 unspecified atom stereocenters. The molecule has 3 rings (SSSR count). The van der Waals surface area contributed by atoms with Gasteiger partial charge in [-0.15, -0.1) is 0 Å². The molecule has 0 radical (unpaired) electrons. The highest BCUT2D eigenvalue weighted by atomic mass is 16.3. The van der Waals surface area contributed by atoms with Crippen LogP contribution in [0.5, 0.6) is 0 Å². The van der Waals surface area contributed by atoms with E-state index >= 15 is 0 Å². The van der Waals surface area contributed by atoms with Crippen molar-refractivity contribution in [2.45, 2.75) is 45.3 Å². The van der Waals surface area contributed by atoms with Crippen LogP contribution in [-0.4, -0.2) is 34.7 Å². The average molecular weight is 302 g/mol. The summed E-state index contributed by atoms with van der Waals surface area (Å²) in [6.45, 7) is 5.97. The second-order valence-electron chi connectivity index (χ2n) is 7.01. The van der Waals surface area contributed by atoms with E-state index in [1.807, 2.05) is 17.0 Å². The molecule has 2 atom stereocenters. The SMILES string of the molecule is Cc1ccc(CNC(=O)N2CC[C@@](O)(C3CC3)[C@H](C)C2)cc1. The number of carbonyl (C=O) groups is 1. The summed E-state index contributed by atoms with van der Waals surface area (Å²) >= 11 is 0. The summed E-state index contributed by atoms with van der Waals surface area (Å²) in [6.07, 6.45) is 2.98. The zero-order valence-electron chi connectivity index (χ0n) is 13.5. The van der Waals surface area contributed by atoms with Crippen molar-refractivity contribution >= 4 is 6.03 Å². The normalized spacial score (nSPS) is 28.5. The number of carbonyl (C=O) groups excluding carboxylic acids is 1. The first-order valence-electron chi connectivity index (χ1n) is 8.30.